The van der Waals surface area contributed by atoms with Crippen molar-refractivity contribution in [3.05, 3.63) is 0 Å². The predicted octanol–water partition coefficient (Wildman–Crippen LogP) is -0.684. The Morgan fingerprint density at radius 3 is 2.88 bits per heavy atom. The van der Waals surface area contributed by atoms with Gasteiger partial charge in [0.05, 0.1) is 6.61 Å². The Balaban J connectivity index is 2.12. The van der Waals surface area contributed by atoms with Crippen LogP contribution in [0.5, 0.6) is 0 Å². The average Bonchev–Trinajstić information content (AvgIpc) is 2.58. The molecule has 1 atom stereocenters. The first-order valence-corrected chi connectivity index (χ1v) is 6.09. The highest BCUT2D eigenvalue weighted by Crippen LogP contribution is 2.26. The molecule has 5 heteroatoms. The lowest BCUT2D eigenvalue weighted by Crippen LogP contribution is -2.62. The second-order valence-corrected chi connectivity index (χ2v) is 4.64. The van der Waals surface area contributed by atoms with Crippen molar-refractivity contribution >= 4 is 5.91 Å². The molecule has 0 aromatic rings. The topological polar surface area (TPSA) is 67.6 Å². The molecular weight excluding hydrogens is 206 g/mol. The van der Waals surface area contributed by atoms with E-state index in [1.54, 1.807) is 0 Å². The van der Waals surface area contributed by atoms with Crippen LogP contribution in [0.1, 0.15) is 19.3 Å². The molecule has 0 saturated carbocycles. The number of hydrogen-bond donors (Lipinski definition) is 2. The molecule has 0 radical (unpaired) electrons. The Labute approximate surface area is 96.3 Å². The van der Waals surface area contributed by atoms with Crippen molar-refractivity contribution in [3.8, 4) is 0 Å². The number of hydrogen-bond acceptors (Lipinski definition) is 4. The minimum atomic E-state index is -0.551. The van der Waals surface area contributed by atoms with Gasteiger partial charge in [-0.15, -0.1) is 0 Å². The maximum absolute atomic E-state index is 11.8. The number of nitrogens with one attached hydrogen (secondary N) is 1. The normalized spacial score (nSPS) is 33.2. The van der Waals surface area contributed by atoms with Crippen molar-refractivity contribution in [1.29, 1.82) is 0 Å². The van der Waals surface area contributed by atoms with Gasteiger partial charge in [0, 0.05) is 26.2 Å². The van der Waals surface area contributed by atoms with Crippen molar-refractivity contribution in [1.82, 2.24) is 10.2 Å². The molecule has 2 aliphatic rings. The summed E-state index contributed by atoms with van der Waals surface area (Å²) in [5.74, 6) is -0.228. The summed E-state index contributed by atoms with van der Waals surface area (Å²) in [5, 5.41) is 3.34. The number of amides is 1. The number of primary amides is 1. The first-order valence-electron chi connectivity index (χ1n) is 6.09. The van der Waals surface area contributed by atoms with E-state index in [1.165, 1.54) is 0 Å². The van der Waals surface area contributed by atoms with Crippen LogP contribution in [-0.2, 0) is 9.53 Å². The van der Waals surface area contributed by atoms with E-state index in [0.717, 1.165) is 52.0 Å². The fourth-order valence-electron chi connectivity index (χ4n) is 2.65. The first-order chi connectivity index (χ1) is 7.76. The number of ether oxygens (including phenoxy) is 1. The van der Waals surface area contributed by atoms with Crippen molar-refractivity contribution in [2.75, 3.05) is 39.4 Å². The Hall–Kier alpha value is -0.650. The van der Waals surface area contributed by atoms with Gasteiger partial charge >= 0.3 is 0 Å². The molecule has 1 amide bonds. The summed E-state index contributed by atoms with van der Waals surface area (Å²) in [4.78, 5) is 14.0. The highest BCUT2D eigenvalue weighted by atomic mass is 16.5. The summed E-state index contributed by atoms with van der Waals surface area (Å²) < 4.78 is 5.48. The van der Waals surface area contributed by atoms with E-state index in [9.17, 15) is 4.79 Å². The fraction of sp³-hybridized carbons (Fsp3) is 0.909. The Morgan fingerprint density at radius 2 is 2.19 bits per heavy atom. The third-order valence-electron chi connectivity index (χ3n) is 3.62. The van der Waals surface area contributed by atoms with Gasteiger partial charge in [0.2, 0.25) is 5.91 Å². The van der Waals surface area contributed by atoms with E-state index in [1.807, 2.05) is 0 Å². The maximum atomic E-state index is 11.8. The molecule has 2 saturated heterocycles. The van der Waals surface area contributed by atoms with E-state index < -0.39 is 5.54 Å². The molecular formula is C11H21N3O2. The fourth-order valence-corrected chi connectivity index (χ4v) is 2.65. The first kappa shape index (κ1) is 11.8. The number of rotatable bonds is 2. The lowest BCUT2D eigenvalue weighted by atomic mass is 9.89. The predicted molar refractivity (Wildman–Crippen MR) is 61.0 cm³/mol. The second-order valence-electron chi connectivity index (χ2n) is 4.64. The molecule has 0 aromatic carbocycles. The SMILES string of the molecule is NC(=O)C1(N2CCCNCC2)CCCOC1. The molecule has 0 spiro atoms. The average molecular weight is 227 g/mol. The molecule has 0 bridgehead atoms. The quantitative estimate of drug-likeness (QED) is 0.655. The van der Waals surface area contributed by atoms with Gasteiger partial charge in [0.15, 0.2) is 0 Å². The lowest BCUT2D eigenvalue weighted by molar-refractivity contribution is -0.140. The molecule has 1 unspecified atom stereocenters. The van der Waals surface area contributed by atoms with E-state index >= 15 is 0 Å². The molecule has 0 aliphatic carbocycles. The summed E-state index contributed by atoms with van der Waals surface area (Å²) in [6, 6.07) is 0. The van der Waals surface area contributed by atoms with Crippen LogP contribution in [0.25, 0.3) is 0 Å². The molecule has 2 fully saturated rings. The van der Waals surface area contributed by atoms with Crippen LogP contribution in [0.2, 0.25) is 0 Å². The summed E-state index contributed by atoms with van der Waals surface area (Å²) in [7, 11) is 0. The Bertz CT molecular complexity index is 244. The van der Waals surface area contributed by atoms with Crippen LogP contribution in [0.4, 0.5) is 0 Å². The maximum Gasteiger partial charge on any atom is 0.240 e. The van der Waals surface area contributed by atoms with E-state index in [2.05, 4.69) is 10.2 Å². The van der Waals surface area contributed by atoms with Crippen LogP contribution < -0.4 is 11.1 Å². The highest BCUT2D eigenvalue weighted by Gasteiger charge is 2.44. The molecule has 3 N–H and O–H groups in total. The minimum absolute atomic E-state index is 0.228. The van der Waals surface area contributed by atoms with Crippen LogP contribution in [-0.4, -0.2) is 55.7 Å². The van der Waals surface area contributed by atoms with Crippen LogP contribution >= 0.6 is 0 Å². The highest BCUT2D eigenvalue weighted by molar-refractivity contribution is 5.85. The molecule has 2 rings (SSSR count). The van der Waals surface area contributed by atoms with Crippen molar-refractivity contribution in [2.24, 2.45) is 5.73 Å². The molecule has 2 heterocycles. The number of carbonyl (C=O) groups is 1. The van der Waals surface area contributed by atoms with E-state index in [4.69, 9.17) is 10.5 Å². The summed E-state index contributed by atoms with van der Waals surface area (Å²) in [6.45, 7) is 4.97. The van der Waals surface area contributed by atoms with E-state index in [0.29, 0.717) is 6.61 Å². The van der Waals surface area contributed by atoms with Crippen molar-refractivity contribution < 1.29 is 9.53 Å². The Kier molecular flexibility index (Phi) is 3.78. The van der Waals surface area contributed by atoms with Crippen LogP contribution in [0.3, 0.4) is 0 Å². The van der Waals surface area contributed by atoms with Gasteiger partial charge in [-0.3, -0.25) is 9.69 Å². The van der Waals surface area contributed by atoms with Gasteiger partial charge in [-0.25, -0.2) is 0 Å². The monoisotopic (exact) mass is 227 g/mol. The van der Waals surface area contributed by atoms with Gasteiger partial charge in [-0.05, 0) is 25.8 Å². The van der Waals surface area contributed by atoms with E-state index in [-0.39, 0.29) is 5.91 Å². The minimum Gasteiger partial charge on any atom is -0.379 e. The molecule has 92 valence electrons. The third-order valence-corrected chi connectivity index (χ3v) is 3.62. The smallest absolute Gasteiger partial charge is 0.240 e. The van der Waals surface area contributed by atoms with Crippen LogP contribution in [0, 0.1) is 0 Å². The van der Waals surface area contributed by atoms with Gasteiger partial charge in [0.1, 0.15) is 5.54 Å². The summed E-state index contributed by atoms with van der Waals surface area (Å²) >= 11 is 0. The van der Waals surface area contributed by atoms with Crippen molar-refractivity contribution in [2.45, 2.75) is 24.8 Å². The summed E-state index contributed by atoms with van der Waals surface area (Å²) in [5.41, 5.74) is 5.05. The number of nitrogens with zero attached hydrogens (tertiary/aromatic N) is 1. The zero-order valence-electron chi connectivity index (χ0n) is 9.71. The molecule has 5 nitrogen and oxygen atoms in total. The zero-order valence-corrected chi connectivity index (χ0v) is 9.71. The number of nitrogens with two attached hydrogens (primary N) is 1. The second kappa shape index (κ2) is 5.12. The molecule has 0 aromatic heterocycles. The Morgan fingerprint density at radius 1 is 1.31 bits per heavy atom. The van der Waals surface area contributed by atoms with Gasteiger partial charge in [0.25, 0.3) is 0 Å². The standard InChI is InChI=1S/C11H21N3O2/c12-10(15)11(3-1-8-16-9-11)14-6-2-4-13-5-7-14/h13H,1-9H2,(H2,12,15). The molecule has 2 aliphatic heterocycles. The lowest BCUT2D eigenvalue weighted by Gasteiger charge is -2.43. The third kappa shape index (κ3) is 2.21. The van der Waals surface area contributed by atoms with Crippen molar-refractivity contribution in [3.63, 3.8) is 0 Å². The largest absolute Gasteiger partial charge is 0.379 e. The van der Waals surface area contributed by atoms with Gasteiger partial charge in [-0.1, -0.05) is 0 Å². The molecule has 16 heavy (non-hydrogen) atoms. The van der Waals surface area contributed by atoms with Gasteiger partial charge < -0.3 is 15.8 Å². The van der Waals surface area contributed by atoms with Crippen LogP contribution in [0.15, 0.2) is 0 Å². The number of carbonyl (C=O) groups excluding carboxylic acids is 1. The zero-order chi connectivity index (χ0) is 11.4. The van der Waals surface area contributed by atoms with Gasteiger partial charge in [-0.2, -0.15) is 0 Å². The summed E-state index contributed by atoms with van der Waals surface area (Å²) in [6.07, 6.45) is 2.82.